The van der Waals surface area contributed by atoms with Crippen molar-refractivity contribution in [2.45, 2.75) is 45.3 Å². The zero-order valence-electron chi connectivity index (χ0n) is 23.2. The molecule has 0 unspecified atom stereocenters. The summed E-state index contributed by atoms with van der Waals surface area (Å²) in [5.74, 6) is 0.837. The highest BCUT2D eigenvalue weighted by atomic mass is 19.1. The van der Waals surface area contributed by atoms with Crippen LogP contribution in [0.1, 0.15) is 54.6 Å². The first kappa shape index (κ1) is 27.6. The fourth-order valence-electron chi connectivity index (χ4n) is 5.41. The molecule has 1 spiro atoms. The Balaban J connectivity index is 1.26. The van der Waals surface area contributed by atoms with E-state index in [1.54, 1.807) is 24.3 Å². The highest BCUT2D eigenvalue weighted by molar-refractivity contribution is 6.02. The number of piperidine rings is 1. The van der Waals surface area contributed by atoms with E-state index in [9.17, 15) is 9.18 Å². The first-order valence-corrected chi connectivity index (χ1v) is 13.8. The van der Waals surface area contributed by atoms with Gasteiger partial charge in [0.15, 0.2) is 0 Å². The third kappa shape index (κ3) is 5.97. The lowest BCUT2D eigenvalue weighted by atomic mass is 9.85. The summed E-state index contributed by atoms with van der Waals surface area (Å²) in [6.45, 7) is 7.44. The molecular formula is C32H35FN2O5. The van der Waals surface area contributed by atoms with Gasteiger partial charge in [0.2, 0.25) is 0 Å². The van der Waals surface area contributed by atoms with Crippen molar-refractivity contribution in [1.29, 1.82) is 0 Å². The molecule has 1 saturated heterocycles. The molecule has 0 N–H and O–H groups in total. The van der Waals surface area contributed by atoms with Crippen molar-refractivity contribution in [1.82, 2.24) is 4.90 Å². The number of carbonyl (C=O) groups is 1. The molecule has 0 saturated carbocycles. The van der Waals surface area contributed by atoms with Crippen LogP contribution in [0.2, 0.25) is 0 Å². The van der Waals surface area contributed by atoms with Crippen LogP contribution in [0.25, 0.3) is 11.1 Å². The Morgan fingerprint density at radius 1 is 0.950 bits per heavy atom. The third-order valence-corrected chi connectivity index (χ3v) is 7.51. The smallest absolute Gasteiger partial charge is 0.337 e. The van der Waals surface area contributed by atoms with E-state index >= 15 is 0 Å². The van der Waals surface area contributed by atoms with Crippen LogP contribution in [0, 0.1) is 5.82 Å². The quantitative estimate of drug-likeness (QED) is 0.296. The maximum Gasteiger partial charge on any atom is 0.337 e. The van der Waals surface area contributed by atoms with E-state index in [1.165, 1.54) is 19.2 Å². The van der Waals surface area contributed by atoms with Gasteiger partial charge in [-0.25, -0.2) is 9.18 Å². The lowest BCUT2D eigenvalue weighted by Gasteiger charge is -2.37. The van der Waals surface area contributed by atoms with E-state index in [2.05, 4.69) is 22.2 Å². The Morgan fingerprint density at radius 2 is 1.55 bits per heavy atom. The Kier molecular flexibility index (Phi) is 8.35. The normalized spacial score (nSPS) is 16.4. The molecule has 0 bridgehead atoms. The van der Waals surface area contributed by atoms with Crippen molar-refractivity contribution in [3.05, 3.63) is 83.2 Å². The Labute approximate surface area is 234 Å². The number of hydrogen-bond donors (Lipinski definition) is 0. The molecule has 2 heterocycles. The van der Waals surface area contributed by atoms with E-state index < -0.39 is 0 Å². The fraction of sp³-hybridized carbons (Fsp3) is 0.375. The number of halogens is 1. The number of benzene rings is 3. The van der Waals surface area contributed by atoms with Crippen molar-refractivity contribution in [3.63, 3.8) is 0 Å². The molecule has 3 aromatic carbocycles. The van der Waals surface area contributed by atoms with Gasteiger partial charge in [-0.1, -0.05) is 29.4 Å². The molecule has 0 atom stereocenters. The predicted octanol–water partition coefficient (Wildman–Crippen LogP) is 6.24. The molecule has 0 aromatic heterocycles. The summed E-state index contributed by atoms with van der Waals surface area (Å²) in [5, 5.41) is 4.42. The third-order valence-electron chi connectivity index (χ3n) is 7.51. The largest absolute Gasteiger partial charge is 0.493 e. The lowest BCUT2D eigenvalue weighted by Crippen LogP contribution is -2.44. The number of hydrogen-bond acceptors (Lipinski definition) is 7. The van der Waals surface area contributed by atoms with Crippen LogP contribution in [0.5, 0.6) is 11.5 Å². The summed E-state index contributed by atoms with van der Waals surface area (Å²) in [4.78, 5) is 20.2. The molecule has 1 fully saturated rings. The number of esters is 1. The average molecular weight is 547 g/mol. The fourth-order valence-corrected chi connectivity index (χ4v) is 5.41. The topological polar surface area (TPSA) is 69.6 Å². The summed E-state index contributed by atoms with van der Waals surface area (Å²) in [7, 11) is 1.38. The molecule has 40 heavy (non-hydrogen) atoms. The SMILES string of the molecule is CCOc1cc(CN2CCC3(CC2)CC(c2ccc(C(=O)OC)cc2)=NO3)cc(OCC)c1-c1ccc(F)cc1. The highest BCUT2D eigenvalue weighted by Crippen LogP contribution is 2.41. The van der Waals surface area contributed by atoms with Crippen LogP contribution in [-0.4, -0.2) is 55.6 Å². The summed E-state index contributed by atoms with van der Waals surface area (Å²) in [6.07, 6.45) is 2.48. The number of likely N-dealkylation sites (tertiary alicyclic amines) is 1. The molecular weight excluding hydrogens is 511 g/mol. The van der Waals surface area contributed by atoms with Crippen LogP contribution in [0.15, 0.2) is 65.8 Å². The summed E-state index contributed by atoms with van der Waals surface area (Å²) >= 11 is 0. The molecule has 2 aliphatic rings. The summed E-state index contributed by atoms with van der Waals surface area (Å²) < 4.78 is 30.5. The lowest BCUT2D eigenvalue weighted by molar-refractivity contribution is -0.0627. The van der Waals surface area contributed by atoms with E-state index in [4.69, 9.17) is 19.0 Å². The molecule has 0 amide bonds. The van der Waals surface area contributed by atoms with Crippen LogP contribution >= 0.6 is 0 Å². The molecule has 210 valence electrons. The first-order valence-electron chi connectivity index (χ1n) is 13.8. The van der Waals surface area contributed by atoms with E-state index in [0.717, 1.165) is 78.4 Å². The van der Waals surface area contributed by atoms with Gasteiger partial charge in [-0.3, -0.25) is 4.90 Å². The summed E-state index contributed by atoms with van der Waals surface area (Å²) in [6, 6.07) is 17.9. The van der Waals surface area contributed by atoms with E-state index in [0.29, 0.717) is 18.8 Å². The van der Waals surface area contributed by atoms with Gasteiger partial charge in [-0.2, -0.15) is 0 Å². The number of rotatable bonds is 9. The zero-order chi connectivity index (χ0) is 28.1. The Hall–Kier alpha value is -3.91. The van der Waals surface area contributed by atoms with Crippen molar-refractivity contribution >= 4 is 11.7 Å². The number of oxime groups is 1. The van der Waals surface area contributed by atoms with Crippen molar-refractivity contribution in [2.24, 2.45) is 5.16 Å². The number of ether oxygens (including phenoxy) is 3. The number of nitrogens with zero attached hydrogens (tertiary/aromatic N) is 2. The molecule has 8 heteroatoms. The van der Waals surface area contributed by atoms with Crippen molar-refractivity contribution in [3.8, 4) is 22.6 Å². The van der Waals surface area contributed by atoms with E-state index in [1.807, 2.05) is 26.0 Å². The van der Waals surface area contributed by atoms with Gasteiger partial charge < -0.3 is 19.0 Å². The number of methoxy groups -OCH3 is 1. The predicted molar refractivity (Wildman–Crippen MR) is 151 cm³/mol. The minimum absolute atomic E-state index is 0.278. The second kappa shape index (κ2) is 12.1. The van der Waals surface area contributed by atoms with Crippen molar-refractivity contribution < 1.29 is 28.2 Å². The molecule has 7 nitrogen and oxygen atoms in total. The minimum Gasteiger partial charge on any atom is -0.493 e. The maximum atomic E-state index is 13.6. The first-order chi connectivity index (χ1) is 19.4. The summed E-state index contributed by atoms with van der Waals surface area (Å²) in [5.41, 5.74) is 4.88. The van der Waals surface area contributed by atoms with Crippen LogP contribution in [0.3, 0.4) is 0 Å². The van der Waals surface area contributed by atoms with Gasteiger partial charge in [0, 0.05) is 38.9 Å². The van der Waals surface area contributed by atoms with Crippen LogP contribution < -0.4 is 9.47 Å². The van der Waals surface area contributed by atoms with Crippen LogP contribution in [0.4, 0.5) is 4.39 Å². The zero-order valence-corrected chi connectivity index (χ0v) is 23.2. The van der Waals surface area contributed by atoms with Crippen molar-refractivity contribution in [2.75, 3.05) is 33.4 Å². The molecule has 2 aliphatic heterocycles. The Bertz CT molecular complexity index is 1340. The van der Waals surface area contributed by atoms with Gasteiger partial charge in [0.25, 0.3) is 0 Å². The monoisotopic (exact) mass is 546 g/mol. The van der Waals surface area contributed by atoms with Gasteiger partial charge in [0.05, 0.1) is 37.2 Å². The highest BCUT2D eigenvalue weighted by Gasteiger charge is 2.42. The molecule has 5 rings (SSSR count). The average Bonchev–Trinajstić information content (AvgIpc) is 3.38. The Morgan fingerprint density at radius 3 is 2.12 bits per heavy atom. The van der Waals surface area contributed by atoms with Gasteiger partial charge >= 0.3 is 5.97 Å². The van der Waals surface area contributed by atoms with Gasteiger partial charge in [0.1, 0.15) is 22.9 Å². The minimum atomic E-state index is -0.355. The van der Waals surface area contributed by atoms with Gasteiger partial charge in [-0.05, 0) is 66.9 Å². The van der Waals surface area contributed by atoms with Gasteiger partial charge in [-0.15, -0.1) is 0 Å². The number of carbonyl (C=O) groups excluding carboxylic acids is 1. The standard InChI is InChI=1S/C32H35FN2O5/c1-4-38-28-18-22(19-29(39-5-2)30(28)24-10-12-26(33)13-11-24)21-35-16-14-32(15-17-35)20-27(34-40-32)23-6-8-25(9-7-23)31(36)37-3/h6-13,18-19H,4-5,14-17,20-21H2,1-3H3. The second-order valence-corrected chi connectivity index (χ2v) is 10.2. The molecule has 3 aromatic rings. The second-order valence-electron chi connectivity index (χ2n) is 10.2. The molecule has 0 aliphatic carbocycles. The molecule has 0 radical (unpaired) electrons. The maximum absolute atomic E-state index is 13.6. The van der Waals surface area contributed by atoms with Crippen LogP contribution in [-0.2, 0) is 16.1 Å². The van der Waals surface area contributed by atoms with E-state index in [-0.39, 0.29) is 17.4 Å².